The van der Waals surface area contributed by atoms with Gasteiger partial charge in [0.25, 0.3) is 5.91 Å². The van der Waals surface area contributed by atoms with Crippen molar-refractivity contribution in [3.05, 3.63) is 72.7 Å². The Kier molecular flexibility index (Phi) is 6.16. The van der Waals surface area contributed by atoms with Crippen LogP contribution in [-0.4, -0.2) is 35.7 Å². The van der Waals surface area contributed by atoms with Gasteiger partial charge in [-0.1, -0.05) is 0 Å². The van der Waals surface area contributed by atoms with Gasteiger partial charge < -0.3 is 20.5 Å². The third-order valence-electron chi connectivity index (χ3n) is 4.89. The maximum Gasteiger partial charge on any atom is 0.272 e. The van der Waals surface area contributed by atoms with Crippen LogP contribution < -0.4 is 25.5 Å². The number of amides is 2. The molecule has 33 heavy (non-hydrogen) atoms. The number of methoxy groups -OCH3 is 1. The first-order valence-electron chi connectivity index (χ1n) is 9.94. The first-order valence-corrected chi connectivity index (χ1v) is 9.94. The molecule has 1 unspecified atom stereocenters. The van der Waals surface area contributed by atoms with Crippen LogP contribution in [0.4, 0.5) is 15.8 Å². The molecule has 3 aromatic rings. The third kappa shape index (κ3) is 4.90. The maximum absolute atomic E-state index is 13.3. The normalized spacial score (nSPS) is 15.0. The zero-order valence-electron chi connectivity index (χ0n) is 17.6. The van der Waals surface area contributed by atoms with Crippen LogP contribution >= 0.6 is 0 Å². The lowest BCUT2D eigenvalue weighted by Crippen LogP contribution is -2.39. The Hall–Kier alpha value is -4.47. The minimum atomic E-state index is -0.875. The standard InChI is InChI=1S/C23H20FN5O4/c1-32-16-8-10-17(11-9-16)33-23-18(3-2-12-26-23)27-22(31)19-13-20(21(25)30)29(28-19)15-6-4-14(24)5-7-15/h2-12,20H,13H2,1H3,(H2,25,30)(H,27,31). The maximum atomic E-state index is 13.3. The molecule has 0 radical (unpaired) electrons. The fraction of sp³-hybridized carbons (Fsp3) is 0.130. The fourth-order valence-electron chi connectivity index (χ4n) is 3.22. The van der Waals surface area contributed by atoms with Gasteiger partial charge in [0.2, 0.25) is 11.8 Å². The number of aromatic nitrogens is 1. The molecule has 9 nitrogen and oxygen atoms in total. The van der Waals surface area contributed by atoms with E-state index in [1.54, 1.807) is 43.5 Å². The molecule has 2 amide bonds. The van der Waals surface area contributed by atoms with Gasteiger partial charge in [-0.2, -0.15) is 5.10 Å². The number of anilines is 2. The van der Waals surface area contributed by atoms with Crippen molar-refractivity contribution in [3.8, 4) is 17.4 Å². The molecule has 0 fully saturated rings. The van der Waals surface area contributed by atoms with Gasteiger partial charge in [0.15, 0.2) is 0 Å². The Balaban J connectivity index is 1.53. The van der Waals surface area contributed by atoms with E-state index in [2.05, 4.69) is 15.4 Å². The number of pyridine rings is 1. The Morgan fingerprint density at radius 3 is 2.45 bits per heavy atom. The monoisotopic (exact) mass is 449 g/mol. The predicted octanol–water partition coefficient (Wildman–Crippen LogP) is 3.08. The van der Waals surface area contributed by atoms with Gasteiger partial charge in [0, 0.05) is 12.6 Å². The summed E-state index contributed by atoms with van der Waals surface area (Å²) < 4.78 is 24.2. The van der Waals surface area contributed by atoms with Crippen molar-refractivity contribution in [1.29, 1.82) is 0 Å². The van der Waals surface area contributed by atoms with Crippen molar-refractivity contribution in [1.82, 2.24) is 4.98 Å². The molecule has 4 rings (SSSR count). The van der Waals surface area contributed by atoms with Gasteiger partial charge in [-0.15, -0.1) is 0 Å². The van der Waals surface area contributed by atoms with Gasteiger partial charge in [0.1, 0.15) is 34.8 Å². The molecule has 0 spiro atoms. The van der Waals surface area contributed by atoms with Gasteiger partial charge in [-0.05, 0) is 60.7 Å². The number of hydrazone groups is 1. The van der Waals surface area contributed by atoms with E-state index in [9.17, 15) is 14.0 Å². The summed E-state index contributed by atoms with van der Waals surface area (Å²) >= 11 is 0. The largest absolute Gasteiger partial charge is 0.497 e. The lowest BCUT2D eigenvalue weighted by atomic mass is 10.1. The van der Waals surface area contributed by atoms with E-state index in [1.165, 1.54) is 35.5 Å². The molecule has 2 aromatic carbocycles. The number of hydrogen-bond donors (Lipinski definition) is 2. The summed E-state index contributed by atoms with van der Waals surface area (Å²) in [6.07, 6.45) is 1.52. The molecule has 1 aromatic heterocycles. The van der Waals surface area contributed by atoms with Crippen LogP contribution in [0.3, 0.4) is 0 Å². The van der Waals surface area contributed by atoms with Crippen LogP contribution in [-0.2, 0) is 9.59 Å². The van der Waals surface area contributed by atoms with E-state index in [0.717, 1.165) is 0 Å². The average molecular weight is 449 g/mol. The number of rotatable bonds is 7. The molecular formula is C23H20FN5O4. The van der Waals surface area contributed by atoms with Gasteiger partial charge in [-0.25, -0.2) is 9.37 Å². The van der Waals surface area contributed by atoms with Crippen molar-refractivity contribution < 1.29 is 23.5 Å². The molecule has 1 aliphatic heterocycles. The molecule has 2 heterocycles. The van der Waals surface area contributed by atoms with E-state index in [4.69, 9.17) is 15.2 Å². The quantitative estimate of drug-likeness (QED) is 0.572. The van der Waals surface area contributed by atoms with Crippen molar-refractivity contribution in [2.24, 2.45) is 10.8 Å². The molecule has 168 valence electrons. The Bertz CT molecular complexity index is 1200. The summed E-state index contributed by atoms with van der Waals surface area (Å²) in [7, 11) is 1.56. The zero-order chi connectivity index (χ0) is 23.4. The second kappa shape index (κ2) is 9.35. The molecule has 0 saturated carbocycles. The fourth-order valence-corrected chi connectivity index (χ4v) is 3.22. The first-order chi connectivity index (χ1) is 15.9. The first kappa shape index (κ1) is 21.8. The van der Waals surface area contributed by atoms with E-state index in [1.807, 2.05) is 0 Å². The van der Waals surface area contributed by atoms with Crippen LogP contribution in [0.25, 0.3) is 0 Å². The van der Waals surface area contributed by atoms with E-state index in [-0.39, 0.29) is 18.0 Å². The van der Waals surface area contributed by atoms with E-state index in [0.29, 0.717) is 22.9 Å². The topological polar surface area (TPSA) is 119 Å². The number of primary amides is 1. The summed E-state index contributed by atoms with van der Waals surface area (Å²) in [5.74, 6) is -0.285. The molecule has 0 bridgehead atoms. The third-order valence-corrected chi connectivity index (χ3v) is 4.89. The molecule has 1 aliphatic rings. The van der Waals surface area contributed by atoms with Crippen LogP contribution in [0.2, 0.25) is 0 Å². The molecular weight excluding hydrogens is 429 g/mol. The van der Waals surface area contributed by atoms with Crippen molar-refractivity contribution in [2.75, 3.05) is 17.4 Å². The van der Waals surface area contributed by atoms with Crippen molar-refractivity contribution in [2.45, 2.75) is 12.5 Å². The lowest BCUT2D eigenvalue weighted by Gasteiger charge is -2.20. The molecule has 0 saturated heterocycles. The predicted molar refractivity (Wildman–Crippen MR) is 120 cm³/mol. The van der Waals surface area contributed by atoms with Crippen LogP contribution in [0.1, 0.15) is 6.42 Å². The van der Waals surface area contributed by atoms with Crippen LogP contribution in [0, 0.1) is 5.82 Å². The number of nitrogens with zero attached hydrogens (tertiary/aromatic N) is 3. The van der Waals surface area contributed by atoms with Gasteiger partial charge >= 0.3 is 0 Å². The Labute approximate surface area is 188 Å². The number of hydrogen-bond acceptors (Lipinski definition) is 7. The minimum Gasteiger partial charge on any atom is -0.497 e. The number of carbonyl (C=O) groups excluding carboxylic acids is 2. The Morgan fingerprint density at radius 2 is 1.79 bits per heavy atom. The Morgan fingerprint density at radius 1 is 1.09 bits per heavy atom. The highest BCUT2D eigenvalue weighted by Crippen LogP contribution is 2.29. The number of benzene rings is 2. The van der Waals surface area contributed by atoms with Gasteiger partial charge in [-0.3, -0.25) is 14.6 Å². The van der Waals surface area contributed by atoms with Crippen LogP contribution in [0.5, 0.6) is 17.4 Å². The second-order valence-corrected chi connectivity index (χ2v) is 7.08. The van der Waals surface area contributed by atoms with Crippen molar-refractivity contribution in [3.63, 3.8) is 0 Å². The number of nitrogens with two attached hydrogens (primary N) is 1. The zero-order valence-corrected chi connectivity index (χ0v) is 17.6. The lowest BCUT2D eigenvalue weighted by molar-refractivity contribution is -0.119. The number of nitrogens with one attached hydrogen (secondary N) is 1. The highest BCUT2D eigenvalue weighted by Gasteiger charge is 2.35. The SMILES string of the molecule is COc1ccc(Oc2ncccc2NC(=O)C2=NN(c3ccc(F)cc3)C(C(N)=O)C2)cc1. The molecule has 0 aliphatic carbocycles. The summed E-state index contributed by atoms with van der Waals surface area (Å²) in [6, 6.07) is 14.7. The summed E-state index contributed by atoms with van der Waals surface area (Å²) in [4.78, 5) is 29.0. The smallest absolute Gasteiger partial charge is 0.272 e. The molecule has 1 atom stereocenters. The number of halogens is 1. The summed E-state index contributed by atoms with van der Waals surface area (Å²) in [5, 5.41) is 8.29. The number of carbonyl (C=O) groups is 2. The average Bonchev–Trinajstić information content (AvgIpc) is 3.27. The van der Waals surface area contributed by atoms with Crippen molar-refractivity contribution >= 4 is 28.9 Å². The molecule has 10 heteroatoms. The highest BCUT2D eigenvalue weighted by molar-refractivity contribution is 6.44. The minimum absolute atomic E-state index is 0.00647. The molecule has 3 N–H and O–H groups in total. The van der Waals surface area contributed by atoms with E-state index < -0.39 is 23.7 Å². The highest BCUT2D eigenvalue weighted by atomic mass is 19.1. The number of ether oxygens (including phenoxy) is 2. The van der Waals surface area contributed by atoms with E-state index >= 15 is 0 Å². The van der Waals surface area contributed by atoms with Crippen LogP contribution in [0.15, 0.2) is 72.0 Å². The summed E-state index contributed by atoms with van der Waals surface area (Å²) in [5.41, 5.74) is 6.34. The van der Waals surface area contributed by atoms with Gasteiger partial charge in [0.05, 0.1) is 12.8 Å². The summed E-state index contributed by atoms with van der Waals surface area (Å²) in [6.45, 7) is 0. The second-order valence-electron chi connectivity index (χ2n) is 7.08.